The second kappa shape index (κ2) is 4.47. The third-order valence-electron chi connectivity index (χ3n) is 4.51. The molecule has 1 heterocycles. The topological polar surface area (TPSA) is 61.0 Å². The summed E-state index contributed by atoms with van der Waals surface area (Å²) in [7, 11) is 0. The van der Waals surface area contributed by atoms with Crippen LogP contribution in [0.5, 0.6) is 11.8 Å². The van der Waals surface area contributed by atoms with Crippen LogP contribution in [0.25, 0.3) is 0 Å². The van der Waals surface area contributed by atoms with Gasteiger partial charge in [0.05, 0.1) is 0 Å². The van der Waals surface area contributed by atoms with Gasteiger partial charge >= 0.3 is 6.01 Å². The van der Waals surface area contributed by atoms with Gasteiger partial charge < -0.3 is 10.5 Å². The van der Waals surface area contributed by atoms with E-state index in [2.05, 4.69) is 9.97 Å². The predicted octanol–water partition coefficient (Wildman–Crippen LogP) is 3.36. The molecular weight excluding hydrogens is 250 g/mol. The SMILES string of the molecule is Nc1cccc(Oc2ncc(C3C4CCCC43)cn2)c1. The smallest absolute Gasteiger partial charge is 0.321 e. The summed E-state index contributed by atoms with van der Waals surface area (Å²) >= 11 is 0. The van der Waals surface area contributed by atoms with Crippen molar-refractivity contribution in [3.8, 4) is 11.8 Å². The van der Waals surface area contributed by atoms with Crippen LogP contribution in [0.4, 0.5) is 5.69 Å². The molecule has 0 amide bonds. The van der Waals surface area contributed by atoms with Gasteiger partial charge in [-0.05, 0) is 48.3 Å². The minimum absolute atomic E-state index is 0.380. The lowest BCUT2D eigenvalue weighted by molar-refractivity contribution is 0.441. The van der Waals surface area contributed by atoms with Crippen molar-refractivity contribution in [3.05, 3.63) is 42.2 Å². The molecule has 2 unspecified atom stereocenters. The standard InChI is InChI=1S/C16H17N3O/c17-11-3-1-4-12(7-11)20-16-18-8-10(9-19-16)15-13-5-2-6-14(13)15/h1,3-4,7-9,13-15H,2,5-6,17H2. The van der Waals surface area contributed by atoms with Gasteiger partial charge in [0.15, 0.2) is 0 Å². The largest absolute Gasteiger partial charge is 0.424 e. The maximum absolute atomic E-state index is 5.72. The molecule has 4 rings (SSSR count). The monoisotopic (exact) mass is 267 g/mol. The summed E-state index contributed by atoms with van der Waals surface area (Å²) in [6.45, 7) is 0. The van der Waals surface area contributed by atoms with Crippen molar-refractivity contribution < 1.29 is 4.74 Å². The van der Waals surface area contributed by atoms with Crippen LogP contribution >= 0.6 is 0 Å². The lowest BCUT2D eigenvalue weighted by Gasteiger charge is -2.06. The fourth-order valence-corrected chi connectivity index (χ4v) is 3.55. The second-order valence-corrected chi connectivity index (χ2v) is 5.76. The highest BCUT2D eigenvalue weighted by Crippen LogP contribution is 2.62. The van der Waals surface area contributed by atoms with E-state index < -0.39 is 0 Å². The molecule has 2 saturated carbocycles. The van der Waals surface area contributed by atoms with Crippen LogP contribution in [0.2, 0.25) is 0 Å². The van der Waals surface area contributed by atoms with Gasteiger partial charge in [0, 0.05) is 24.1 Å². The highest BCUT2D eigenvalue weighted by molar-refractivity contribution is 5.44. The Hall–Kier alpha value is -2.10. The fraction of sp³-hybridized carbons (Fsp3) is 0.375. The van der Waals surface area contributed by atoms with Gasteiger partial charge in [-0.15, -0.1) is 0 Å². The minimum atomic E-state index is 0.380. The molecule has 0 bridgehead atoms. The van der Waals surface area contributed by atoms with Gasteiger partial charge in [0.1, 0.15) is 5.75 Å². The summed E-state index contributed by atoms with van der Waals surface area (Å²) in [6, 6.07) is 7.67. The molecule has 0 radical (unpaired) electrons. The van der Waals surface area contributed by atoms with E-state index in [9.17, 15) is 0 Å². The highest BCUT2D eigenvalue weighted by Gasteiger charge is 2.53. The average Bonchev–Trinajstić information content (AvgIpc) is 2.92. The first kappa shape index (κ1) is 11.7. The number of aromatic nitrogens is 2. The van der Waals surface area contributed by atoms with E-state index in [0.29, 0.717) is 23.4 Å². The molecule has 2 N–H and O–H groups in total. The number of rotatable bonds is 3. The Labute approximate surface area is 118 Å². The van der Waals surface area contributed by atoms with Crippen molar-refractivity contribution >= 4 is 5.69 Å². The average molecular weight is 267 g/mol. The number of anilines is 1. The number of nitrogens with zero attached hydrogens (tertiary/aromatic N) is 2. The summed E-state index contributed by atoms with van der Waals surface area (Å²) in [5, 5.41) is 0. The zero-order valence-corrected chi connectivity index (χ0v) is 11.2. The summed E-state index contributed by atoms with van der Waals surface area (Å²) in [4.78, 5) is 8.64. The Kier molecular flexibility index (Phi) is 2.62. The lowest BCUT2D eigenvalue weighted by atomic mass is 10.1. The number of nitrogens with two attached hydrogens (primary N) is 1. The summed E-state index contributed by atoms with van der Waals surface area (Å²) < 4.78 is 5.61. The van der Waals surface area contributed by atoms with Crippen molar-refractivity contribution in [3.63, 3.8) is 0 Å². The molecule has 2 aliphatic carbocycles. The molecule has 2 aromatic rings. The van der Waals surface area contributed by atoms with E-state index in [1.807, 2.05) is 30.6 Å². The van der Waals surface area contributed by atoms with E-state index >= 15 is 0 Å². The molecule has 1 aromatic heterocycles. The predicted molar refractivity (Wildman–Crippen MR) is 76.5 cm³/mol. The summed E-state index contributed by atoms with van der Waals surface area (Å²) in [6.07, 6.45) is 7.96. The third-order valence-corrected chi connectivity index (χ3v) is 4.51. The molecule has 0 aliphatic heterocycles. The molecule has 4 heteroatoms. The normalized spacial score (nSPS) is 27.1. The van der Waals surface area contributed by atoms with Crippen LogP contribution in [0.1, 0.15) is 30.7 Å². The van der Waals surface area contributed by atoms with Gasteiger partial charge in [0.25, 0.3) is 0 Å². The Balaban J connectivity index is 1.48. The van der Waals surface area contributed by atoms with Crippen LogP contribution in [-0.2, 0) is 0 Å². The zero-order valence-electron chi connectivity index (χ0n) is 11.2. The van der Waals surface area contributed by atoms with E-state index in [-0.39, 0.29) is 0 Å². The fourth-order valence-electron chi connectivity index (χ4n) is 3.55. The molecule has 4 nitrogen and oxygen atoms in total. The molecule has 0 saturated heterocycles. The Bertz CT molecular complexity index is 616. The lowest BCUT2D eigenvalue weighted by Crippen LogP contribution is -1.95. The highest BCUT2D eigenvalue weighted by atomic mass is 16.5. The van der Waals surface area contributed by atoms with Crippen molar-refractivity contribution in [2.75, 3.05) is 5.73 Å². The molecule has 1 aromatic carbocycles. The number of hydrogen-bond acceptors (Lipinski definition) is 4. The first-order valence-electron chi connectivity index (χ1n) is 7.16. The van der Waals surface area contributed by atoms with Gasteiger partial charge in [-0.25, -0.2) is 9.97 Å². The Morgan fingerprint density at radius 2 is 1.85 bits per heavy atom. The van der Waals surface area contributed by atoms with Gasteiger partial charge in [-0.3, -0.25) is 0 Å². The maximum atomic E-state index is 5.72. The molecule has 0 spiro atoms. The molecule has 20 heavy (non-hydrogen) atoms. The van der Waals surface area contributed by atoms with Crippen LogP contribution in [-0.4, -0.2) is 9.97 Å². The molecule has 2 atom stereocenters. The van der Waals surface area contributed by atoms with Crippen LogP contribution in [0.3, 0.4) is 0 Å². The Morgan fingerprint density at radius 1 is 1.10 bits per heavy atom. The van der Waals surface area contributed by atoms with Crippen LogP contribution < -0.4 is 10.5 Å². The van der Waals surface area contributed by atoms with Gasteiger partial charge in [-0.1, -0.05) is 12.5 Å². The van der Waals surface area contributed by atoms with Gasteiger partial charge in [0.2, 0.25) is 0 Å². The summed E-state index contributed by atoms with van der Waals surface area (Å²) in [5.41, 5.74) is 7.65. The van der Waals surface area contributed by atoms with Gasteiger partial charge in [-0.2, -0.15) is 0 Å². The zero-order chi connectivity index (χ0) is 13.5. The third kappa shape index (κ3) is 2.01. The number of fused-ring (bicyclic) bond motifs is 1. The molecule has 2 aliphatic rings. The van der Waals surface area contributed by atoms with Crippen molar-refractivity contribution in [2.24, 2.45) is 11.8 Å². The molecular formula is C16H17N3O. The van der Waals surface area contributed by atoms with Crippen molar-refractivity contribution in [2.45, 2.75) is 25.2 Å². The van der Waals surface area contributed by atoms with Crippen LogP contribution in [0.15, 0.2) is 36.7 Å². The van der Waals surface area contributed by atoms with E-state index in [4.69, 9.17) is 10.5 Å². The Morgan fingerprint density at radius 3 is 2.55 bits per heavy atom. The number of nitrogen functional groups attached to an aromatic ring is 1. The minimum Gasteiger partial charge on any atom is -0.424 e. The first-order chi connectivity index (χ1) is 9.81. The quantitative estimate of drug-likeness (QED) is 0.866. The first-order valence-corrected chi connectivity index (χ1v) is 7.16. The maximum Gasteiger partial charge on any atom is 0.321 e. The number of benzene rings is 1. The second-order valence-electron chi connectivity index (χ2n) is 5.76. The molecule has 102 valence electrons. The van der Waals surface area contributed by atoms with E-state index in [0.717, 1.165) is 11.8 Å². The van der Waals surface area contributed by atoms with Crippen molar-refractivity contribution in [1.29, 1.82) is 0 Å². The van der Waals surface area contributed by atoms with Crippen molar-refractivity contribution in [1.82, 2.24) is 9.97 Å². The van der Waals surface area contributed by atoms with E-state index in [1.54, 1.807) is 6.07 Å². The molecule has 2 fully saturated rings. The van der Waals surface area contributed by atoms with Crippen LogP contribution in [0, 0.1) is 11.8 Å². The van der Waals surface area contributed by atoms with E-state index in [1.165, 1.54) is 24.8 Å². The number of hydrogen-bond donors (Lipinski definition) is 1. The summed E-state index contributed by atoms with van der Waals surface area (Å²) in [5.74, 6) is 3.14. The number of ether oxygens (including phenoxy) is 1.